The smallest absolute Gasteiger partial charge is 0.165 e. The number of rotatable bonds is 4. The quantitative estimate of drug-likeness (QED) is 0.701. The van der Waals surface area contributed by atoms with E-state index in [2.05, 4.69) is 0 Å². The molecule has 0 radical (unpaired) electrons. The van der Waals surface area contributed by atoms with Crippen molar-refractivity contribution in [3.05, 3.63) is 0 Å². The van der Waals surface area contributed by atoms with Crippen LogP contribution in [0.1, 0.15) is 41.0 Å². The van der Waals surface area contributed by atoms with E-state index in [4.69, 9.17) is 0 Å². The molecule has 4 heteroatoms. The molecule has 0 aromatic carbocycles. The topological polar surface area (TPSA) is 51.2 Å². The van der Waals surface area contributed by atoms with Gasteiger partial charge in [-0.1, -0.05) is 6.92 Å². The zero-order chi connectivity index (χ0) is 10.9. The molecule has 0 rings (SSSR count). The van der Waals surface area contributed by atoms with Gasteiger partial charge in [-0.2, -0.15) is 0 Å². The van der Waals surface area contributed by atoms with Crippen molar-refractivity contribution in [1.82, 2.24) is 0 Å². The van der Waals surface area contributed by atoms with Gasteiger partial charge in [0.05, 0.1) is 5.25 Å². The van der Waals surface area contributed by atoms with Crippen molar-refractivity contribution in [1.29, 1.82) is 0 Å². The summed E-state index contributed by atoms with van der Waals surface area (Å²) in [6.07, 6.45) is 0.541. The molecule has 1 atom stereocenters. The normalized spacial score (nSPS) is 15.5. The van der Waals surface area contributed by atoms with Gasteiger partial charge in [-0.05, 0) is 34.1 Å². The summed E-state index contributed by atoms with van der Waals surface area (Å²) in [6, 6.07) is 0. The number of carbonyl (C=O) groups is 1. The average Bonchev–Trinajstić information content (AvgIpc) is 2.02. The number of ketones is 1. The molecule has 0 heterocycles. The van der Waals surface area contributed by atoms with E-state index in [9.17, 15) is 13.2 Å². The number of hydrogen-bond acceptors (Lipinski definition) is 3. The van der Waals surface area contributed by atoms with Gasteiger partial charge in [-0.3, -0.25) is 4.79 Å². The van der Waals surface area contributed by atoms with Gasteiger partial charge in [0.15, 0.2) is 9.84 Å². The van der Waals surface area contributed by atoms with Crippen molar-refractivity contribution >= 4 is 15.6 Å². The van der Waals surface area contributed by atoms with E-state index in [-0.39, 0.29) is 5.78 Å². The third kappa shape index (κ3) is 2.10. The lowest BCUT2D eigenvalue weighted by molar-refractivity contribution is -0.118. The molecular weight excluding hydrogens is 188 g/mol. The highest BCUT2D eigenvalue weighted by molar-refractivity contribution is 7.94. The zero-order valence-corrected chi connectivity index (χ0v) is 9.73. The van der Waals surface area contributed by atoms with Crippen molar-refractivity contribution in [3.63, 3.8) is 0 Å². The van der Waals surface area contributed by atoms with Crippen LogP contribution in [-0.2, 0) is 14.6 Å². The molecular formula is C9H18O3S. The molecule has 3 nitrogen and oxygen atoms in total. The van der Waals surface area contributed by atoms with Crippen molar-refractivity contribution in [2.75, 3.05) is 0 Å². The van der Waals surface area contributed by atoms with Crippen molar-refractivity contribution in [2.24, 2.45) is 0 Å². The maximum Gasteiger partial charge on any atom is 0.165 e. The second-order valence-corrected chi connectivity index (χ2v) is 6.75. The van der Waals surface area contributed by atoms with Crippen molar-refractivity contribution in [3.8, 4) is 0 Å². The standard InChI is InChI=1S/C9H18O3S/c1-6-7(2)13(11,12)9(4,5)8(3)10/h7H,6H2,1-5H3. The van der Waals surface area contributed by atoms with Crippen LogP contribution >= 0.6 is 0 Å². The summed E-state index contributed by atoms with van der Waals surface area (Å²) in [4.78, 5) is 11.2. The van der Waals surface area contributed by atoms with Gasteiger partial charge in [0, 0.05) is 0 Å². The van der Waals surface area contributed by atoms with Gasteiger partial charge < -0.3 is 0 Å². The first kappa shape index (κ1) is 12.6. The molecule has 0 N–H and O–H groups in total. The van der Waals surface area contributed by atoms with E-state index >= 15 is 0 Å². The third-order valence-corrected chi connectivity index (χ3v) is 5.77. The largest absolute Gasteiger partial charge is 0.298 e. The lowest BCUT2D eigenvalue weighted by Crippen LogP contribution is -2.43. The first-order valence-corrected chi connectivity index (χ1v) is 5.97. The average molecular weight is 206 g/mol. The SMILES string of the molecule is CCC(C)S(=O)(=O)C(C)(C)C(C)=O. The summed E-state index contributed by atoms with van der Waals surface area (Å²) in [5.41, 5.74) is 0. The molecule has 13 heavy (non-hydrogen) atoms. The first-order valence-electron chi connectivity index (χ1n) is 4.42. The van der Waals surface area contributed by atoms with Crippen molar-refractivity contribution < 1.29 is 13.2 Å². The minimum atomic E-state index is -3.34. The van der Waals surface area contributed by atoms with Crippen LogP contribution in [0.5, 0.6) is 0 Å². The highest BCUT2D eigenvalue weighted by Gasteiger charge is 2.41. The van der Waals surface area contributed by atoms with E-state index in [0.29, 0.717) is 6.42 Å². The van der Waals surface area contributed by atoms with Crippen LogP contribution in [0.3, 0.4) is 0 Å². The lowest BCUT2D eigenvalue weighted by Gasteiger charge is -2.25. The van der Waals surface area contributed by atoms with Gasteiger partial charge in [0.25, 0.3) is 0 Å². The minimum Gasteiger partial charge on any atom is -0.298 e. The van der Waals surface area contributed by atoms with Gasteiger partial charge in [0.2, 0.25) is 0 Å². The maximum atomic E-state index is 11.8. The minimum absolute atomic E-state index is 0.298. The third-order valence-electron chi connectivity index (χ3n) is 2.66. The molecule has 1 unspecified atom stereocenters. The summed E-state index contributed by atoms with van der Waals surface area (Å²) in [7, 11) is -3.34. The Bertz CT molecular complexity index is 288. The van der Waals surface area contributed by atoms with Gasteiger partial charge >= 0.3 is 0 Å². The Morgan fingerprint density at radius 3 is 2.00 bits per heavy atom. The molecule has 0 amide bonds. The van der Waals surface area contributed by atoms with Crippen LogP contribution in [0.2, 0.25) is 0 Å². The van der Waals surface area contributed by atoms with Crippen LogP contribution in [0.25, 0.3) is 0 Å². The Labute approximate surface area is 80.4 Å². The molecule has 0 aromatic rings. The van der Waals surface area contributed by atoms with Crippen LogP contribution < -0.4 is 0 Å². The number of sulfone groups is 1. The molecule has 0 aliphatic heterocycles. The molecule has 78 valence electrons. The first-order chi connectivity index (χ1) is 5.67. The Balaban J connectivity index is 5.17. The second kappa shape index (κ2) is 3.78. The van der Waals surface area contributed by atoms with Crippen LogP contribution in [0.15, 0.2) is 0 Å². The molecule has 0 saturated carbocycles. The fourth-order valence-corrected chi connectivity index (χ4v) is 2.77. The summed E-state index contributed by atoms with van der Waals surface area (Å²) in [5, 5.41) is -0.452. The number of hydrogen-bond donors (Lipinski definition) is 0. The van der Waals surface area contributed by atoms with Crippen LogP contribution in [-0.4, -0.2) is 24.2 Å². The van der Waals surface area contributed by atoms with Gasteiger partial charge in [-0.25, -0.2) is 8.42 Å². The Hall–Kier alpha value is -0.380. The van der Waals surface area contributed by atoms with E-state index in [1.165, 1.54) is 20.8 Å². The number of Topliss-reactive ketones (excluding diaryl/α,β-unsaturated/α-hetero) is 1. The summed E-state index contributed by atoms with van der Waals surface area (Å²) in [6.45, 7) is 7.70. The van der Waals surface area contributed by atoms with Crippen LogP contribution in [0.4, 0.5) is 0 Å². The molecule has 0 bridgehead atoms. The molecule has 0 saturated heterocycles. The zero-order valence-electron chi connectivity index (χ0n) is 8.92. The van der Waals surface area contributed by atoms with Crippen molar-refractivity contribution in [2.45, 2.75) is 51.0 Å². The highest BCUT2D eigenvalue weighted by Crippen LogP contribution is 2.23. The predicted octanol–water partition coefficient (Wildman–Crippen LogP) is 1.57. The van der Waals surface area contributed by atoms with Crippen LogP contribution in [0, 0.1) is 0 Å². The predicted molar refractivity (Wildman–Crippen MR) is 53.4 cm³/mol. The molecule has 0 spiro atoms. The Kier molecular flexibility index (Phi) is 3.67. The fourth-order valence-electron chi connectivity index (χ4n) is 0.923. The summed E-state index contributed by atoms with van der Waals surface area (Å²) >= 11 is 0. The fraction of sp³-hybridized carbons (Fsp3) is 0.889. The summed E-state index contributed by atoms with van der Waals surface area (Å²) in [5.74, 6) is -0.298. The maximum absolute atomic E-state index is 11.8. The monoisotopic (exact) mass is 206 g/mol. The molecule has 0 fully saturated rings. The highest BCUT2D eigenvalue weighted by atomic mass is 32.2. The Morgan fingerprint density at radius 1 is 1.38 bits per heavy atom. The van der Waals surface area contributed by atoms with Gasteiger partial charge in [0.1, 0.15) is 10.5 Å². The molecule has 0 aliphatic rings. The molecule has 0 aliphatic carbocycles. The van der Waals surface area contributed by atoms with Gasteiger partial charge in [-0.15, -0.1) is 0 Å². The van der Waals surface area contributed by atoms with E-state index in [0.717, 1.165) is 0 Å². The summed E-state index contributed by atoms with van der Waals surface area (Å²) < 4.78 is 22.4. The Morgan fingerprint density at radius 2 is 1.77 bits per heavy atom. The van der Waals surface area contributed by atoms with E-state index < -0.39 is 19.8 Å². The molecule has 0 aromatic heterocycles. The van der Waals surface area contributed by atoms with E-state index in [1.807, 2.05) is 0 Å². The number of carbonyl (C=O) groups excluding carboxylic acids is 1. The van der Waals surface area contributed by atoms with E-state index in [1.54, 1.807) is 13.8 Å². The lowest BCUT2D eigenvalue weighted by atomic mass is 10.1. The second-order valence-electron chi connectivity index (χ2n) is 3.83.